The molecule has 3 aliphatic heterocycles. The van der Waals surface area contributed by atoms with Gasteiger partial charge >= 0.3 is 0 Å². The summed E-state index contributed by atoms with van der Waals surface area (Å²) in [6, 6.07) is 17.2. The third-order valence-corrected chi connectivity index (χ3v) is 6.67. The minimum Gasteiger partial charge on any atom is -0.375 e. The van der Waals surface area contributed by atoms with Crippen LogP contribution in [0.5, 0.6) is 0 Å². The van der Waals surface area contributed by atoms with Crippen molar-refractivity contribution in [3.8, 4) is 0 Å². The van der Waals surface area contributed by atoms with Crippen molar-refractivity contribution in [2.45, 2.75) is 31.7 Å². The van der Waals surface area contributed by atoms with Crippen LogP contribution in [0.2, 0.25) is 5.02 Å². The molecule has 0 aliphatic carbocycles. The van der Waals surface area contributed by atoms with Crippen molar-refractivity contribution in [2.75, 3.05) is 26.7 Å². The smallest absolute Gasteiger partial charge is 0.126 e. The Labute approximate surface area is 171 Å². The summed E-state index contributed by atoms with van der Waals surface area (Å²) in [4.78, 5) is 4.93. The number of hydrogen-bond donors (Lipinski definition) is 1. The average Bonchev–Trinajstić information content (AvgIpc) is 2.90. The van der Waals surface area contributed by atoms with E-state index in [1.807, 2.05) is 12.1 Å². The van der Waals surface area contributed by atoms with Gasteiger partial charge in [-0.05, 0) is 23.6 Å². The Morgan fingerprint density at radius 3 is 2.71 bits per heavy atom. The Hall–Kier alpha value is -2.01. The van der Waals surface area contributed by atoms with Crippen LogP contribution in [0.25, 0.3) is 0 Å². The summed E-state index contributed by atoms with van der Waals surface area (Å²) in [5.74, 6) is 0. The maximum Gasteiger partial charge on any atom is 0.126 e. The second kappa shape index (κ2) is 7.43. The first-order chi connectivity index (χ1) is 13.7. The summed E-state index contributed by atoms with van der Waals surface area (Å²) in [5, 5.41) is 4.56. The SMILES string of the molecule is CN1C2=C(CN(C3COCc4ccccc4C3)CC2)NC1c1ccccc1Cl. The summed E-state index contributed by atoms with van der Waals surface area (Å²) in [6.45, 7) is 3.53. The van der Waals surface area contributed by atoms with Crippen LogP contribution in [0.3, 0.4) is 0 Å². The first-order valence-electron chi connectivity index (χ1n) is 10.0. The Kier molecular flexibility index (Phi) is 4.79. The van der Waals surface area contributed by atoms with E-state index < -0.39 is 0 Å². The number of rotatable bonds is 2. The molecule has 0 amide bonds. The predicted molar refractivity (Wildman–Crippen MR) is 112 cm³/mol. The van der Waals surface area contributed by atoms with Gasteiger partial charge in [0.25, 0.3) is 0 Å². The van der Waals surface area contributed by atoms with Crippen molar-refractivity contribution in [1.82, 2.24) is 15.1 Å². The summed E-state index contributed by atoms with van der Waals surface area (Å²) in [7, 11) is 2.17. The van der Waals surface area contributed by atoms with Gasteiger partial charge in [0.15, 0.2) is 0 Å². The summed E-state index contributed by atoms with van der Waals surface area (Å²) in [6.07, 6.45) is 2.23. The predicted octanol–water partition coefficient (Wildman–Crippen LogP) is 3.93. The minimum atomic E-state index is 0.116. The van der Waals surface area contributed by atoms with Crippen molar-refractivity contribution < 1.29 is 4.74 Å². The van der Waals surface area contributed by atoms with Crippen LogP contribution in [0.15, 0.2) is 59.9 Å². The van der Waals surface area contributed by atoms with E-state index in [1.165, 1.54) is 22.5 Å². The highest BCUT2D eigenvalue weighted by atomic mass is 35.5. The second-order valence-corrected chi connectivity index (χ2v) is 8.37. The number of fused-ring (bicyclic) bond motifs is 1. The standard InChI is InChI=1S/C23H26ClN3O/c1-26-22-10-11-27(18-12-16-6-2-3-7-17(16)14-28-15-18)13-21(22)25-23(26)19-8-4-5-9-20(19)24/h2-9,18,23,25H,10-15H2,1H3. The Morgan fingerprint density at radius 1 is 1.07 bits per heavy atom. The lowest BCUT2D eigenvalue weighted by Gasteiger charge is -2.35. The lowest BCUT2D eigenvalue weighted by Crippen LogP contribution is -2.44. The van der Waals surface area contributed by atoms with Gasteiger partial charge in [-0.15, -0.1) is 0 Å². The quantitative estimate of drug-likeness (QED) is 0.833. The topological polar surface area (TPSA) is 27.7 Å². The Balaban J connectivity index is 1.33. The molecule has 2 unspecified atom stereocenters. The second-order valence-electron chi connectivity index (χ2n) is 7.97. The summed E-state index contributed by atoms with van der Waals surface area (Å²) in [5.41, 5.74) is 6.64. The molecule has 1 N–H and O–H groups in total. The zero-order chi connectivity index (χ0) is 19.1. The number of halogens is 1. The van der Waals surface area contributed by atoms with Crippen LogP contribution in [-0.4, -0.2) is 42.6 Å². The van der Waals surface area contributed by atoms with Gasteiger partial charge in [0.2, 0.25) is 0 Å². The number of benzene rings is 2. The molecule has 2 aromatic rings. The molecule has 0 aromatic heterocycles. The molecule has 2 atom stereocenters. The summed E-state index contributed by atoms with van der Waals surface area (Å²) >= 11 is 6.47. The molecule has 3 aliphatic rings. The van der Waals surface area contributed by atoms with E-state index in [9.17, 15) is 0 Å². The Morgan fingerprint density at radius 2 is 1.86 bits per heavy atom. The first kappa shape index (κ1) is 18.0. The van der Waals surface area contributed by atoms with Crippen molar-refractivity contribution in [1.29, 1.82) is 0 Å². The van der Waals surface area contributed by atoms with E-state index in [0.29, 0.717) is 6.04 Å². The largest absolute Gasteiger partial charge is 0.375 e. The van der Waals surface area contributed by atoms with Gasteiger partial charge in [-0.1, -0.05) is 54.1 Å². The normalized spacial score (nSPS) is 25.1. The third kappa shape index (κ3) is 3.20. The fourth-order valence-electron chi connectivity index (χ4n) is 4.75. The molecule has 0 bridgehead atoms. The maximum atomic E-state index is 6.47. The molecule has 0 fully saturated rings. The van der Waals surface area contributed by atoms with Crippen LogP contribution in [0, 0.1) is 0 Å². The number of hydrogen-bond acceptors (Lipinski definition) is 4. The molecule has 5 heteroatoms. The zero-order valence-corrected chi connectivity index (χ0v) is 17.0. The van der Waals surface area contributed by atoms with Crippen LogP contribution in [0.1, 0.15) is 29.3 Å². The third-order valence-electron chi connectivity index (χ3n) is 6.33. The molecule has 5 rings (SSSR count). The average molecular weight is 396 g/mol. The lowest BCUT2D eigenvalue weighted by molar-refractivity contribution is 0.0587. The van der Waals surface area contributed by atoms with Gasteiger partial charge in [0.05, 0.1) is 13.2 Å². The van der Waals surface area contributed by atoms with E-state index in [4.69, 9.17) is 16.3 Å². The van der Waals surface area contributed by atoms with Crippen LogP contribution in [0.4, 0.5) is 0 Å². The maximum absolute atomic E-state index is 6.47. The van der Waals surface area contributed by atoms with Gasteiger partial charge in [-0.2, -0.15) is 0 Å². The molecule has 146 valence electrons. The fourth-order valence-corrected chi connectivity index (χ4v) is 4.99. The molecule has 0 radical (unpaired) electrons. The van der Waals surface area contributed by atoms with Gasteiger partial charge in [0, 0.05) is 54.6 Å². The molecule has 4 nitrogen and oxygen atoms in total. The first-order valence-corrected chi connectivity index (χ1v) is 10.4. The molecule has 0 spiro atoms. The summed E-state index contributed by atoms with van der Waals surface area (Å²) < 4.78 is 6.02. The monoisotopic (exact) mass is 395 g/mol. The van der Waals surface area contributed by atoms with Crippen molar-refractivity contribution >= 4 is 11.6 Å². The number of nitrogens with zero attached hydrogens (tertiary/aromatic N) is 2. The highest BCUT2D eigenvalue weighted by Crippen LogP contribution is 2.37. The van der Waals surface area contributed by atoms with Crippen molar-refractivity contribution in [2.24, 2.45) is 0 Å². The van der Waals surface area contributed by atoms with E-state index in [2.05, 4.69) is 58.6 Å². The van der Waals surface area contributed by atoms with E-state index in [-0.39, 0.29) is 6.17 Å². The Bertz CT molecular complexity index is 912. The van der Waals surface area contributed by atoms with E-state index in [0.717, 1.165) is 49.7 Å². The molecule has 28 heavy (non-hydrogen) atoms. The number of nitrogens with one attached hydrogen (secondary N) is 1. The highest BCUT2D eigenvalue weighted by molar-refractivity contribution is 6.31. The zero-order valence-electron chi connectivity index (χ0n) is 16.2. The van der Waals surface area contributed by atoms with Gasteiger partial charge in [-0.25, -0.2) is 0 Å². The number of ether oxygens (including phenoxy) is 1. The van der Waals surface area contributed by atoms with Gasteiger partial charge < -0.3 is 15.0 Å². The van der Waals surface area contributed by atoms with Gasteiger partial charge in [-0.3, -0.25) is 4.90 Å². The van der Waals surface area contributed by atoms with E-state index in [1.54, 1.807) is 0 Å². The highest BCUT2D eigenvalue weighted by Gasteiger charge is 2.36. The molecule has 3 heterocycles. The molecule has 0 saturated carbocycles. The fraction of sp³-hybridized carbons (Fsp3) is 0.391. The lowest BCUT2D eigenvalue weighted by atomic mass is 10.00. The van der Waals surface area contributed by atoms with Gasteiger partial charge in [0.1, 0.15) is 6.17 Å². The molecule has 0 saturated heterocycles. The van der Waals surface area contributed by atoms with Crippen LogP contribution >= 0.6 is 11.6 Å². The van der Waals surface area contributed by atoms with Crippen LogP contribution in [-0.2, 0) is 17.8 Å². The van der Waals surface area contributed by atoms with Crippen LogP contribution < -0.4 is 5.32 Å². The van der Waals surface area contributed by atoms with E-state index >= 15 is 0 Å². The molecular formula is C23H26ClN3O. The molecule has 2 aromatic carbocycles. The minimum absolute atomic E-state index is 0.116. The van der Waals surface area contributed by atoms with Crippen molar-refractivity contribution in [3.05, 3.63) is 81.6 Å². The van der Waals surface area contributed by atoms with Crippen molar-refractivity contribution in [3.63, 3.8) is 0 Å². The molecular weight excluding hydrogens is 370 g/mol.